The molecule has 0 bridgehead atoms. The summed E-state index contributed by atoms with van der Waals surface area (Å²) in [6.07, 6.45) is -3.43. The number of halogens is 3. The highest BCUT2D eigenvalue weighted by Gasteiger charge is 2.43. The highest BCUT2D eigenvalue weighted by Crippen LogP contribution is 2.31. The first-order chi connectivity index (χ1) is 10.8. The van der Waals surface area contributed by atoms with Crippen LogP contribution in [0, 0.1) is 0 Å². The molecule has 1 amide bonds. The van der Waals surface area contributed by atoms with Crippen LogP contribution in [-0.2, 0) is 6.54 Å². The Morgan fingerprint density at radius 1 is 1.30 bits per heavy atom. The van der Waals surface area contributed by atoms with Crippen LogP contribution in [0.3, 0.4) is 0 Å². The molecule has 1 atom stereocenters. The number of nitrogens with zero attached hydrogens (tertiary/aromatic N) is 2. The summed E-state index contributed by atoms with van der Waals surface area (Å²) in [4.78, 5) is 17.5. The number of hydrogen-bond acceptors (Lipinski definition) is 4. The van der Waals surface area contributed by atoms with E-state index in [4.69, 9.17) is 4.42 Å². The zero-order valence-corrected chi connectivity index (χ0v) is 12.6. The SMILES string of the molecule is CN(C)Cc1ccc(C(=O)N[C@@H](c2ccccn2)C(F)(F)F)o1. The summed E-state index contributed by atoms with van der Waals surface area (Å²) in [6.45, 7) is 0.441. The molecule has 0 aliphatic carbocycles. The minimum atomic E-state index is -4.66. The van der Waals surface area contributed by atoms with Gasteiger partial charge in [-0.15, -0.1) is 0 Å². The lowest BCUT2D eigenvalue weighted by atomic mass is 10.1. The van der Waals surface area contributed by atoms with Crippen molar-refractivity contribution < 1.29 is 22.4 Å². The number of amides is 1. The molecule has 1 N–H and O–H groups in total. The van der Waals surface area contributed by atoms with Crippen LogP contribution in [0.5, 0.6) is 0 Å². The maximum absolute atomic E-state index is 13.2. The van der Waals surface area contributed by atoms with Crippen molar-refractivity contribution in [3.8, 4) is 0 Å². The molecule has 2 rings (SSSR count). The van der Waals surface area contributed by atoms with Crippen molar-refractivity contribution in [3.63, 3.8) is 0 Å². The summed E-state index contributed by atoms with van der Waals surface area (Å²) in [5.41, 5.74) is -0.284. The van der Waals surface area contributed by atoms with Gasteiger partial charge in [0.25, 0.3) is 5.91 Å². The van der Waals surface area contributed by atoms with E-state index < -0.39 is 18.1 Å². The van der Waals surface area contributed by atoms with E-state index in [1.54, 1.807) is 6.07 Å². The molecule has 124 valence electrons. The fourth-order valence-corrected chi connectivity index (χ4v) is 1.97. The molecule has 0 aliphatic rings. The monoisotopic (exact) mass is 327 g/mol. The van der Waals surface area contributed by atoms with Crippen molar-refractivity contribution in [3.05, 3.63) is 53.7 Å². The standard InChI is InChI=1S/C15H16F3N3O2/c1-21(2)9-10-6-7-12(23-10)14(22)20-13(15(16,17)18)11-5-3-4-8-19-11/h3-8,13H,9H2,1-2H3,(H,20,22)/t13-/m0/s1. The highest BCUT2D eigenvalue weighted by molar-refractivity contribution is 5.91. The van der Waals surface area contributed by atoms with Crippen LogP contribution in [0.15, 0.2) is 40.9 Å². The van der Waals surface area contributed by atoms with Gasteiger partial charge in [-0.1, -0.05) is 6.07 Å². The Bertz CT molecular complexity index is 653. The second-order valence-corrected chi connectivity index (χ2v) is 5.21. The van der Waals surface area contributed by atoms with Crippen molar-refractivity contribution >= 4 is 5.91 Å². The summed E-state index contributed by atoms with van der Waals surface area (Å²) in [7, 11) is 3.62. The number of aromatic nitrogens is 1. The van der Waals surface area contributed by atoms with Crippen LogP contribution in [0.2, 0.25) is 0 Å². The van der Waals surface area contributed by atoms with E-state index in [9.17, 15) is 18.0 Å². The number of carbonyl (C=O) groups is 1. The predicted molar refractivity (Wildman–Crippen MR) is 76.6 cm³/mol. The fraction of sp³-hybridized carbons (Fsp3) is 0.333. The molecule has 0 aliphatic heterocycles. The van der Waals surface area contributed by atoms with Crippen molar-refractivity contribution in [2.45, 2.75) is 18.8 Å². The van der Waals surface area contributed by atoms with E-state index >= 15 is 0 Å². The van der Waals surface area contributed by atoms with Crippen LogP contribution < -0.4 is 5.32 Å². The van der Waals surface area contributed by atoms with Gasteiger partial charge in [0, 0.05) is 6.20 Å². The lowest BCUT2D eigenvalue weighted by molar-refractivity contribution is -0.156. The average molecular weight is 327 g/mol. The Kier molecular flexibility index (Phi) is 5.05. The Hall–Kier alpha value is -2.35. The largest absolute Gasteiger partial charge is 0.455 e. The van der Waals surface area contributed by atoms with Crippen LogP contribution in [0.25, 0.3) is 0 Å². The summed E-state index contributed by atoms with van der Waals surface area (Å²) in [5.74, 6) is -0.628. The van der Waals surface area contributed by atoms with E-state index in [1.165, 1.54) is 30.5 Å². The number of nitrogens with one attached hydrogen (secondary N) is 1. The van der Waals surface area contributed by atoms with Gasteiger partial charge >= 0.3 is 6.18 Å². The number of pyridine rings is 1. The Labute approximate surface area is 131 Å². The van der Waals surface area contributed by atoms with Crippen LogP contribution in [-0.4, -0.2) is 36.1 Å². The third kappa shape index (κ3) is 4.56. The second-order valence-electron chi connectivity index (χ2n) is 5.21. The molecule has 0 radical (unpaired) electrons. The van der Waals surface area contributed by atoms with Gasteiger partial charge in [-0.25, -0.2) is 0 Å². The quantitative estimate of drug-likeness (QED) is 0.917. The second kappa shape index (κ2) is 6.82. The molecule has 2 aromatic rings. The van der Waals surface area contributed by atoms with Gasteiger partial charge in [-0.3, -0.25) is 9.78 Å². The molecule has 0 saturated carbocycles. The van der Waals surface area contributed by atoms with Gasteiger partial charge in [-0.2, -0.15) is 13.2 Å². The average Bonchev–Trinajstić information content (AvgIpc) is 2.92. The molecule has 0 aromatic carbocycles. The molecule has 0 fully saturated rings. The third-order valence-corrected chi connectivity index (χ3v) is 2.94. The molecule has 0 spiro atoms. The Morgan fingerprint density at radius 3 is 2.61 bits per heavy atom. The van der Waals surface area contributed by atoms with Crippen molar-refractivity contribution in [1.82, 2.24) is 15.2 Å². The maximum Gasteiger partial charge on any atom is 0.414 e. The molecule has 0 saturated heterocycles. The zero-order valence-electron chi connectivity index (χ0n) is 12.6. The molecule has 2 aromatic heterocycles. The zero-order chi connectivity index (χ0) is 17.0. The minimum absolute atomic E-state index is 0.174. The van der Waals surface area contributed by atoms with E-state index in [0.29, 0.717) is 12.3 Å². The first-order valence-electron chi connectivity index (χ1n) is 6.79. The normalized spacial score (nSPS) is 13.1. The summed E-state index contributed by atoms with van der Waals surface area (Å²) >= 11 is 0. The Balaban J connectivity index is 2.16. The number of furan rings is 1. The molecular weight excluding hydrogens is 311 g/mol. The molecule has 0 unspecified atom stereocenters. The fourth-order valence-electron chi connectivity index (χ4n) is 1.97. The van der Waals surface area contributed by atoms with Gasteiger partial charge in [0.1, 0.15) is 5.76 Å². The van der Waals surface area contributed by atoms with E-state index in [0.717, 1.165) is 0 Å². The maximum atomic E-state index is 13.2. The number of alkyl halides is 3. The van der Waals surface area contributed by atoms with E-state index in [2.05, 4.69) is 4.98 Å². The van der Waals surface area contributed by atoms with Crippen molar-refractivity contribution in [2.75, 3.05) is 14.1 Å². The van der Waals surface area contributed by atoms with Gasteiger partial charge < -0.3 is 14.6 Å². The lowest BCUT2D eigenvalue weighted by Crippen LogP contribution is -2.38. The Morgan fingerprint density at radius 2 is 2.04 bits per heavy atom. The molecule has 23 heavy (non-hydrogen) atoms. The molecule has 2 heterocycles. The number of carbonyl (C=O) groups excluding carboxylic acids is 1. The van der Waals surface area contributed by atoms with Gasteiger partial charge in [0.15, 0.2) is 11.8 Å². The lowest BCUT2D eigenvalue weighted by Gasteiger charge is -2.20. The van der Waals surface area contributed by atoms with E-state index in [-0.39, 0.29) is 11.5 Å². The third-order valence-electron chi connectivity index (χ3n) is 2.94. The highest BCUT2D eigenvalue weighted by atomic mass is 19.4. The van der Waals surface area contributed by atoms with Gasteiger partial charge in [-0.05, 0) is 38.4 Å². The van der Waals surface area contributed by atoms with Gasteiger partial charge in [0.2, 0.25) is 0 Å². The summed E-state index contributed by atoms with van der Waals surface area (Å²) < 4.78 is 44.8. The number of rotatable bonds is 5. The van der Waals surface area contributed by atoms with Crippen LogP contribution in [0.1, 0.15) is 28.1 Å². The van der Waals surface area contributed by atoms with Crippen molar-refractivity contribution in [1.29, 1.82) is 0 Å². The molecule has 5 nitrogen and oxygen atoms in total. The predicted octanol–water partition coefficient (Wildman–Crippen LogP) is 2.77. The van der Waals surface area contributed by atoms with Crippen LogP contribution in [0.4, 0.5) is 13.2 Å². The topological polar surface area (TPSA) is 58.4 Å². The minimum Gasteiger partial charge on any atom is -0.455 e. The molecule has 8 heteroatoms. The van der Waals surface area contributed by atoms with E-state index in [1.807, 2.05) is 24.3 Å². The van der Waals surface area contributed by atoms with Crippen LogP contribution >= 0.6 is 0 Å². The smallest absolute Gasteiger partial charge is 0.414 e. The first-order valence-corrected chi connectivity index (χ1v) is 6.79. The summed E-state index contributed by atoms with van der Waals surface area (Å²) in [5, 5.41) is 1.92. The first kappa shape index (κ1) is 17.0. The molecular formula is C15H16F3N3O2. The summed E-state index contributed by atoms with van der Waals surface area (Å²) in [6, 6.07) is 4.84. The number of hydrogen-bond donors (Lipinski definition) is 1. The van der Waals surface area contributed by atoms with Gasteiger partial charge in [0.05, 0.1) is 12.2 Å². The van der Waals surface area contributed by atoms with Crippen molar-refractivity contribution in [2.24, 2.45) is 0 Å².